The molecular weight excluding hydrogens is 340 g/mol. The van der Waals surface area contributed by atoms with Crippen LogP contribution in [0.3, 0.4) is 0 Å². The number of likely N-dealkylation sites (N-methyl/N-ethyl adjacent to an activating group) is 1. The lowest BCUT2D eigenvalue weighted by Gasteiger charge is -2.15. The lowest BCUT2D eigenvalue weighted by atomic mass is 10.2. The lowest BCUT2D eigenvalue weighted by Crippen LogP contribution is -2.47. The van der Waals surface area contributed by atoms with E-state index in [9.17, 15) is 14.4 Å². The van der Waals surface area contributed by atoms with Gasteiger partial charge in [-0.15, -0.1) is 10.2 Å². The van der Waals surface area contributed by atoms with Crippen molar-refractivity contribution in [3.8, 4) is 17.2 Å². The molecule has 138 valence electrons. The van der Waals surface area contributed by atoms with E-state index in [2.05, 4.69) is 20.8 Å². The monoisotopic (exact) mass is 360 g/mol. The fourth-order valence-electron chi connectivity index (χ4n) is 2.16. The van der Waals surface area contributed by atoms with Crippen molar-refractivity contribution in [2.75, 3.05) is 6.54 Å². The Hall–Kier alpha value is -3.23. The van der Waals surface area contributed by atoms with Gasteiger partial charge in [-0.1, -0.05) is 6.92 Å². The maximum atomic E-state index is 12.1. The molecule has 1 atom stereocenters. The van der Waals surface area contributed by atoms with E-state index >= 15 is 0 Å². The Morgan fingerprint density at radius 1 is 1.23 bits per heavy atom. The highest BCUT2D eigenvalue weighted by atomic mass is 16.5. The summed E-state index contributed by atoms with van der Waals surface area (Å²) in [5.74, 6) is 0.313. The maximum Gasteiger partial charge on any atom is 0.298 e. The van der Waals surface area contributed by atoms with Gasteiger partial charge < -0.3 is 19.8 Å². The molecule has 2 amide bonds. The second kappa shape index (κ2) is 9.30. The number of carbonyl (C=O) groups excluding carboxylic acids is 3. The minimum Gasteiger partial charge on any atom is -0.429 e. The molecule has 0 aliphatic heterocycles. The third-order valence-corrected chi connectivity index (χ3v) is 3.45. The van der Waals surface area contributed by atoms with Crippen LogP contribution in [0.25, 0.3) is 11.5 Å². The van der Waals surface area contributed by atoms with Gasteiger partial charge in [0.05, 0.1) is 6.42 Å². The first-order valence-electron chi connectivity index (χ1n) is 8.17. The van der Waals surface area contributed by atoms with E-state index in [1.54, 1.807) is 38.1 Å². The largest absolute Gasteiger partial charge is 0.429 e. The second-order valence-electron chi connectivity index (χ2n) is 5.31. The van der Waals surface area contributed by atoms with E-state index in [0.717, 1.165) is 0 Å². The number of ether oxygens (including phenoxy) is 1. The Morgan fingerprint density at radius 2 is 1.96 bits per heavy atom. The molecule has 2 aromatic rings. The standard InChI is InChI=1S/C17H20N4O5/c1-3-14(23)19-13(16(24)18-4-2)9-15-20-21-17(26-15)11-5-7-12(8-6-11)25-10-22/h5-8,10,13H,3-4,9H2,1-2H3,(H,18,24)(H,19,23)/t13-/m0/s1. The lowest BCUT2D eigenvalue weighted by molar-refractivity contribution is -0.128. The Kier molecular flexibility index (Phi) is 6.84. The number of hydrogen-bond acceptors (Lipinski definition) is 7. The van der Waals surface area contributed by atoms with Crippen molar-refractivity contribution in [3.05, 3.63) is 30.2 Å². The molecule has 0 saturated carbocycles. The zero-order valence-corrected chi connectivity index (χ0v) is 14.5. The van der Waals surface area contributed by atoms with Gasteiger partial charge in [0.25, 0.3) is 6.47 Å². The zero-order chi connectivity index (χ0) is 18.9. The quantitative estimate of drug-likeness (QED) is 0.635. The van der Waals surface area contributed by atoms with Crippen molar-refractivity contribution < 1.29 is 23.5 Å². The first-order chi connectivity index (χ1) is 12.6. The molecule has 2 N–H and O–H groups in total. The first-order valence-corrected chi connectivity index (χ1v) is 8.17. The normalized spacial score (nSPS) is 11.5. The number of amides is 2. The van der Waals surface area contributed by atoms with Crippen LogP contribution in [0.1, 0.15) is 26.2 Å². The summed E-state index contributed by atoms with van der Waals surface area (Å²) in [6.07, 6.45) is 0.344. The van der Waals surface area contributed by atoms with Crippen molar-refractivity contribution in [2.45, 2.75) is 32.7 Å². The van der Waals surface area contributed by atoms with Crippen molar-refractivity contribution in [2.24, 2.45) is 0 Å². The highest BCUT2D eigenvalue weighted by Crippen LogP contribution is 2.21. The van der Waals surface area contributed by atoms with Gasteiger partial charge in [0.15, 0.2) is 0 Å². The smallest absolute Gasteiger partial charge is 0.298 e. The molecule has 0 aliphatic rings. The van der Waals surface area contributed by atoms with E-state index in [-0.39, 0.29) is 36.4 Å². The van der Waals surface area contributed by atoms with Crippen LogP contribution >= 0.6 is 0 Å². The minimum absolute atomic E-state index is 0.0803. The molecule has 0 saturated heterocycles. The van der Waals surface area contributed by atoms with E-state index in [1.165, 1.54) is 0 Å². The molecule has 1 heterocycles. The van der Waals surface area contributed by atoms with Gasteiger partial charge in [0.2, 0.25) is 23.6 Å². The molecule has 0 fully saturated rings. The molecule has 0 radical (unpaired) electrons. The van der Waals surface area contributed by atoms with Gasteiger partial charge in [0, 0.05) is 18.5 Å². The van der Waals surface area contributed by atoms with Gasteiger partial charge in [0.1, 0.15) is 11.8 Å². The Morgan fingerprint density at radius 3 is 2.58 bits per heavy atom. The molecule has 0 bridgehead atoms. The van der Waals surface area contributed by atoms with Crippen molar-refractivity contribution >= 4 is 18.3 Å². The van der Waals surface area contributed by atoms with Crippen LogP contribution in [-0.2, 0) is 20.8 Å². The number of carbonyl (C=O) groups is 3. The summed E-state index contributed by atoms with van der Waals surface area (Å²) in [6, 6.07) is 5.71. The molecule has 9 heteroatoms. The topological polar surface area (TPSA) is 123 Å². The average molecular weight is 360 g/mol. The van der Waals surface area contributed by atoms with Gasteiger partial charge in [-0.3, -0.25) is 14.4 Å². The molecule has 9 nitrogen and oxygen atoms in total. The van der Waals surface area contributed by atoms with Crippen LogP contribution < -0.4 is 15.4 Å². The molecule has 0 unspecified atom stereocenters. The SMILES string of the molecule is CCNC(=O)[C@H](Cc1nnc(-c2ccc(OC=O)cc2)o1)NC(=O)CC. The van der Waals surface area contributed by atoms with E-state index in [1.807, 2.05) is 0 Å². The summed E-state index contributed by atoms with van der Waals surface area (Å²) >= 11 is 0. The number of benzene rings is 1. The van der Waals surface area contributed by atoms with Crippen molar-refractivity contribution in [3.63, 3.8) is 0 Å². The van der Waals surface area contributed by atoms with Crippen LogP contribution in [0.2, 0.25) is 0 Å². The fourth-order valence-corrected chi connectivity index (χ4v) is 2.16. The third kappa shape index (κ3) is 5.13. The average Bonchev–Trinajstić information content (AvgIpc) is 3.10. The Bertz CT molecular complexity index is 757. The zero-order valence-electron chi connectivity index (χ0n) is 14.5. The van der Waals surface area contributed by atoms with Crippen molar-refractivity contribution in [1.82, 2.24) is 20.8 Å². The number of hydrogen-bond donors (Lipinski definition) is 2. The maximum absolute atomic E-state index is 12.1. The van der Waals surface area contributed by atoms with Crippen LogP contribution in [-0.4, -0.2) is 41.1 Å². The second-order valence-corrected chi connectivity index (χ2v) is 5.31. The molecule has 0 spiro atoms. The molecule has 2 rings (SSSR count). The summed E-state index contributed by atoms with van der Waals surface area (Å²) in [7, 11) is 0. The van der Waals surface area contributed by atoms with E-state index in [4.69, 9.17) is 9.15 Å². The van der Waals surface area contributed by atoms with Crippen molar-refractivity contribution in [1.29, 1.82) is 0 Å². The summed E-state index contributed by atoms with van der Waals surface area (Å²) in [6.45, 7) is 4.28. The van der Waals surface area contributed by atoms with E-state index in [0.29, 0.717) is 24.3 Å². The van der Waals surface area contributed by atoms with E-state index < -0.39 is 6.04 Å². The third-order valence-electron chi connectivity index (χ3n) is 3.45. The molecule has 0 aliphatic carbocycles. The van der Waals surface area contributed by atoms with Gasteiger partial charge >= 0.3 is 0 Å². The molecule has 26 heavy (non-hydrogen) atoms. The number of nitrogens with one attached hydrogen (secondary N) is 2. The summed E-state index contributed by atoms with van der Waals surface area (Å²) in [5, 5.41) is 13.2. The van der Waals surface area contributed by atoms with Crippen LogP contribution in [0, 0.1) is 0 Å². The predicted molar refractivity (Wildman–Crippen MR) is 91.0 cm³/mol. The molecule has 1 aromatic heterocycles. The summed E-state index contributed by atoms with van der Waals surface area (Å²) in [4.78, 5) is 34.1. The molecular formula is C17H20N4O5. The van der Waals surface area contributed by atoms with Gasteiger partial charge in [-0.25, -0.2) is 0 Å². The summed E-state index contributed by atoms with van der Waals surface area (Å²) in [5.41, 5.74) is 0.633. The molecule has 1 aromatic carbocycles. The minimum atomic E-state index is -0.793. The highest BCUT2D eigenvalue weighted by molar-refractivity contribution is 5.87. The predicted octanol–water partition coefficient (Wildman–Crippen LogP) is 0.845. The number of aromatic nitrogens is 2. The number of rotatable bonds is 9. The number of nitrogens with zero attached hydrogens (tertiary/aromatic N) is 2. The van der Waals surface area contributed by atoms with Gasteiger partial charge in [-0.05, 0) is 31.2 Å². The Balaban J connectivity index is 2.11. The first kappa shape index (κ1) is 19.1. The van der Waals surface area contributed by atoms with Crippen LogP contribution in [0.5, 0.6) is 5.75 Å². The fraction of sp³-hybridized carbons (Fsp3) is 0.353. The highest BCUT2D eigenvalue weighted by Gasteiger charge is 2.23. The van der Waals surface area contributed by atoms with Crippen LogP contribution in [0.4, 0.5) is 0 Å². The summed E-state index contributed by atoms with van der Waals surface area (Å²) < 4.78 is 10.3. The Labute approximate surface area is 150 Å². The van der Waals surface area contributed by atoms with Crippen LogP contribution in [0.15, 0.2) is 28.7 Å². The van der Waals surface area contributed by atoms with Gasteiger partial charge in [-0.2, -0.15) is 0 Å².